The summed E-state index contributed by atoms with van der Waals surface area (Å²) in [6.07, 6.45) is 1.79. The Balaban J connectivity index is 2.57. The summed E-state index contributed by atoms with van der Waals surface area (Å²) in [4.78, 5) is 4.35. The lowest BCUT2D eigenvalue weighted by Gasteiger charge is -2.17. The van der Waals surface area contributed by atoms with Gasteiger partial charge in [-0.25, -0.2) is 4.39 Å². The predicted octanol–water partition coefficient (Wildman–Crippen LogP) is 2.87. The summed E-state index contributed by atoms with van der Waals surface area (Å²) < 4.78 is 16.9. The van der Waals surface area contributed by atoms with E-state index in [1.54, 1.807) is 6.20 Å². The van der Waals surface area contributed by atoms with Crippen LogP contribution in [0.4, 0.5) is 4.39 Å². The summed E-state index contributed by atoms with van der Waals surface area (Å²) in [5.74, 6) is 0. The van der Waals surface area contributed by atoms with E-state index < -0.39 is 6.67 Å². The molecule has 15 heavy (non-hydrogen) atoms. The van der Waals surface area contributed by atoms with Crippen molar-refractivity contribution in [3.8, 4) is 0 Å². The number of alkyl halides is 1. The third-order valence-electron chi connectivity index (χ3n) is 2.08. The molecule has 0 aliphatic heterocycles. The second kappa shape index (κ2) is 5.21. The van der Waals surface area contributed by atoms with Gasteiger partial charge in [-0.2, -0.15) is 0 Å². The molecule has 0 aliphatic rings. The Labute approximate surface area is 90.5 Å². The smallest absolute Gasteiger partial charge is 0.113 e. The van der Waals surface area contributed by atoms with Crippen molar-refractivity contribution in [1.29, 1.82) is 0 Å². The largest absolute Gasteiger partial charge is 0.374 e. The first kappa shape index (κ1) is 12.1. The monoisotopic (exact) mass is 211 g/mol. The van der Waals surface area contributed by atoms with Gasteiger partial charge in [0.15, 0.2) is 0 Å². The van der Waals surface area contributed by atoms with Crippen molar-refractivity contribution in [2.75, 3.05) is 13.3 Å². The molecule has 1 heterocycles. The van der Waals surface area contributed by atoms with Gasteiger partial charge in [-0.3, -0.25) is 4.98 Å². The molecule has 84 valence electrons. The third-order valence-corrected chi connectivity index (χ3v) is 2.08. The van der Waals surface area contributed by atoms with Crippen molar-refractivity contribution < 1.29 is 9.13 Å². The van der Waals surface area contributed by atoms with Crippen LogP contribution in [-0.4, -0.2) is 18.3 Å². The highest BCUT2D eigenvalue weighted by molar-refractivity contribution is 5.18. The number of aromatic nitrogens is 1. The molecule has 0 atom stereocenters. The molecular formula is C12H18FNO. The van der Waals surface area contributed by atoms with Crippen molar-refractivity contribution in [2.24, 2.45) is 0 Å². The van der Waals surface area contributed by atoms with Gasteiger partial charge < -0.3 is 4.74 Å². The maximum atomic E-state index is 11.8. The Morgan fingerprint density at radius 2 is 2.07 bits per heavy atom. The van der Waals surface area contributed by atoms with E-state index in [2.05, 4.69) is 25.8 Å². The fourth-order valence-corrected chi connectivity index (χ4v) is 1.20. The molecule has 0 amide bonds. The van der Waals surface area contributed by atoms with Crippen molar-refractivity contribution in [3.05, 3.63) is 29.6 Å². The SMILES string of the molecule is CC(C)(C)c1ccc(COCCF)cn1. The lowest BCUT2D eigenvalue weighted by atomic mass is 9.91. The fraction of sp³-hybridized carbons (Fsp3) is 0.583. The van der Waals surface area contributed by atoms with E-state index in [4.69, 9.17) is 4.74 Å². The normalized spacial score (nSPS) is 11.7. The lowest BCUT2D eigenvalue weighted by Crippen LogP contribution is -2.13. The Hall–Kier alpha value is -0.960. The van der Waals surface area contributed by atoms with E-state index in [0.29, 0.717) is 6.61 Å². The molecule has 1 aromatic rings. The number of ether oxygens (including phenoxy) is 1. The van der Waals surface area contributed by atoms with Gasteiger partial charge in [-0.15, -0.1) is 0 Å². The molecule has 0 unspecified atom stereocenters. The Morgan fingerprint density at radius 3 is 2.53 bits per heavy atom. The van der Waals surface area contributed by atoms with E-state index in [1.165, 1.54) is 0 Å². The minimum absolute atomic E-state index is 0.0678. The molecule has 0 aromatic carbocycles. The molecule has 1 rings (SSSR count). The number of pyridine rings is 1. The molecule has 2 nitrogen and oxygen atoms in total. The van der Waals surface area contributed by atoms with Gasteiger partial charge in [0, 0.05) is 17.3 Å². The van der Waals surface area contributed by atoms with Crippen LogP contribution < -0.4 is 0 Å². The number of rotatable bonds is 4. The van der Waals surface area contributed by atoms with Crippen LogP contribution in [0.25, 0.3) is 0 Å². The molecule has 0 aliphatic carbocycles. The Morgan fingerprint density at radius 1 is 1.33 bits per heavy atom. The van der Waals surface area contributed by atoms with Crippen LogP contribution in [0.3, 0.4) is 0 Å². The Bertz CT molecular complexity index is 289. The second-order valence-electron chi connectivity index (χ2n) is 4.54. The highest BCUT2D eigenvalue weighted by Gasteiger charge is 2.14. The second-order valence-corrected chi connectivity index (χ2v) is 4.54. The topological polar surface area (TPSA) is 22.1 Å². The van der Waals surface area contributed by atoms with Crippen LogP contribution in [0.2, 0.25) is 0 Å². The molecule has 0 bridgehead atoms. The van der Waals surface area contributed by atoms with Gasteiger partial charge in [0.05, 0.1) is 13.2 Å². The van der Waals surface area contributed by atoms with E-state index in [9.17, 15) is 4.39 Å². The minimum Gasteiger partial charge on any atom is -0.374 e. The van der Waals surface area contributed by atoms with Crippen LogP contribution in [0.5, 0.6) is 0 Å². The van der Waals surface area contributed by atoms with Crippen molar-refractivity contribution in [3.63, 3.8) is 0 Å². The van der Waals surface area contributed by atoms with E-state index in [0.717, 1.165) is 11.3 Å². The highest BCUT2D eigenvalue weighted by atomic mass is 19.1. The van der Waals surface area contributed by atoms with Crippen molar-refractivity contribution in [2.45, 2.75) is 32.8 Å². The van der Waals surface area contributed by atoms with Crippen LogP contribution in [0.1, 0.15) is 32.0 Å². The van der Waals surface area contributed by atoms with Crippen LogP contribution in [0.15, 0.2) is 18.3 Å². The zero-order valence-electron chi connectivity index (χ0n) is 9.59. The minimum atomic E-state index is -0.437. The molecule has 1 aromatic heterocycles. The molecule has 0 N–H and O–H groups in total. The molecular weight excluding hydrogens is 193 g/mol. The van der Waals surface area contributed by atoms with Crippen molar-refractivity contribution in [1.82, 2.24) is 4.98 Å². The zero-order chi connectivity index (χ0) is 11.3. The molecule has 0 radical (unpaired) electrons. The molecule has 3 heteroatoms. The summed E-state index contributed by atoms with van der Waals surface area (Å²) >= 11 is 0. The van der Waals surface area contributed by atoms with Crippen molar-refractivity contribution >= 4 is 0 Å². The van der Waals surface area contributed by atoms with Gasteiger partial charge in [-0.1, -0.05) is 26.8 Å². The van der Waals surface area contributed by atoms with E-state index >= 15 is 0 Å². The van der Waals surface area contributed by atoms with Gasteiger partial charge in [0.1, 0.15) is 6.67 Å². The predicted molar refractivity (Wildman–Crippen MR) is 58.6 cm³/mol. The molecule has 0 spiro atoms. The number of halogens is 1. The average molecular weight is 211 g/mol. The quantitative estimate of drug-likeness (QED) is 0.714. The maximum Gasteiger partial charge on any atom is 0.113 e. The highest BCUT2D eigenvalue weighted by Crippen LogP contribution is 2.19. The summed E-state index contributed by atoms with van der Waals surface area (Å²) in [7, 11) is 0. The number of hydrogen-bond acceptors (Lipinski definition) is 2. The zero-order valence-corrected chi connectivity index (χ0v) is 9.59. The van der Waals surface area contributed by atoms with Gasteiger partial charge in [0.2, 0.25) is 0 Å². The lowest BCUT2D eigenvalue weighted by molar-refractivity contribution is 0.106. The first-order valence-corrected chi connectivity index (χ1v) is 5.13. The standard InChI is InChI=1S/C12H18FNO/c1-12(2,3)11-5-4-10(8-14-11)9-15-7-6-13/h4-5,8H,6-7,9H2,1-3H3. The molecule has 0 saturated carbocycles. The third kappa shape index (κ3) is 3.96. The molecule has 0 saturated heterocycles. The first-order chi connectivity index (χ1) is 7.04. The van der Waals surface area contributed by atoms with E-state index in [-0.39, 0.29) is 12.0 Å². The van der Waals surface area contributed by atoms with Crippen LogP contribution >= 0.6 is 0 Å². The Kier molecular flexibility index (Phi) is 4.21. The summed E-state index contributed by atoms with van der Waals surface area (Å²) in [6.45, 7) is 6.51. The summed E-state index contributed by atoms with van der Waals surface area (Å²) in [6, 6.07) is 3.97. The van der Waals surface area contributed by atoms with Gasteiger partial charge >= 0.3 is 0 Å². The summed E-state index contributed by atoms with van der Waals surface area (Å²) in [5, 5.41) is 0. The number of nitrogens with zero attached hydrogens (tertiary/aromatic N) is 1. The maximum absolute atomic E-state index is 11.8. The average Bonchev–Trinajstić information content (AvgIpc) is 2.18. The van der Waals surface area contributed by atoms with Gasteiger partial charge in [-0.05, 0) is 11.6 Å². The van der Waals surface area contributed by atoms with Crippen LogP contribution in [0, 0.1) is 0 Å². The van der Waals surface area contributed by atoms with E-state index in [1.807, 2.05) is 12.1 Å². The fourth-order valence-electron chi connectivity index (χ4n) is 1.20. The summed E-state index contributed by atoms with van der Waals surface area (Å²) in [5.41, 5.74) is 2.10. The molecule has 0 fully saturated rings. The van der Waals surface area contributed by atoms with Crippen LogP contribution in [-0.2, 0) is 16.8 Å². The van der Waals surface area contributed by atoms with Gasteiger partial charge in [0.25, 0.3) is 0 Å². The number of hydrogen-bond donors (Lipinski definition) is 0. The first-order valence-electron chi connectivity index (χ1n) is 5.13.